The van der Waals surface area contributed by atoms with Crippen molar-refractivity contribution >= 4 is 22.8 Å². The molecular weight excluding hydrogens is 298 g/mol. The smallest absolute Gasteiger partial charge is 0.226 e. The number of carbonyl (C=O) groups is 1. The summed E-state index contributed by atoms with van der Waals surface area (Å²) in [6.45, 7) is 11.5. The number of nitrogens with zero attached hydrogens (tertiary/aromatic N) is 2. The number of rotatable bonds is 4. The normalized spacial score (nSPS) is 15.5. The van der Waals surface area contributed by atoms with E-state index in [0.29, 0.717) is 12.2 Å². The van der Waals surface area contributed by atoms with Gasteiger partial charge in [-0.05, 0) is 55.7 Å². The van der Waals surface area contributed by atoms with Gasteiger partial charge in [-0.2, -0.15) is 0 Å². The Hall–Kier alpha value is -1.84. The van der Waals surface area contributed by atoms with Crippen LogP contribution in [-0.2, 0) is 11.3 Å². The molecule has 1 N–H and O–H groups in total. The molecule has 2 aromatic heterocycles. The summed E-state index contributed by atoms with van der Waals surface area (Å²) in [4.78, 5) is 16.9. The first-order valence-electron chi connectivity index (χ1n) is 9.00. The summed E-state index contributed by atoms with van der Waals surface area (Å²) in [5.41, 5.74) is 4.42. The van der Waals surface area contributed by atoms with Crippen LogP contribution in [0.3, 0.4) is 0 Å². The lowest BCUT2D eigenvalue weighted by atomic mass is 9.85. The van der Waals surface area contributed by atoms with Crippen LogP contribution in [-0.4, -0.2) is 15.5 Å². The average molecular weight is 327 g/mol. The molecule has 3 rings (SSSR count). The lowest BCUT2D eigenvalue weighted by Crippen LogP contribution is -2.21. The molecule has 24 heavy (non-hydrogen) atoms. The van der Waals surface area contributed by atoms with Gasteiger partial charge in [0.2, 0.25) is 5.91 Å². The van der Waals surface area contributed by atoms with E-state index in [4.69, 9.17) is 4.98 Å². The van der Waals surface area contributed by atoms with Crippen molar-refractivity contribution in [3.05, 3.63) is 23.4 Å². The minimum Gasteiger partial charge on any atom is -0.343 e. The molecule has 0 saturated heterocycles. The SMILES string of the molecule is Cc1cc2c(cc(C)n2CC2CCC2)nc1NC(=O)CC(C)(C)C. The van der Waals surface area contributed by atoms with Crippen molar-refractivity contribution in [3.8, 4) is 0 Å². The van der Waals surface area contributed by atoms with Crippen LogP contribution in [0.5, 0.6) is 0 Å². The van der Waals surface area contributed by atoms with E-state index < -0.39 is 0 Å². The minimum absolute atomic E-state index is 0.0230. The summed E-state index contributed by atoms with van der Waals surface area (Å²) in [5, 5.41) is 2.99. The molecule has 130 valence electrons. The van der Waals surface area contributed by atoms with E-state index in [2.05, 4.69) is 49.7 Å². The fourth-order valence-corrected chi connectivity index (χ4v) is 3.36. The standard InChI is InChI=1S/C20H29N3O/c1-13-9-17-16(10-14(2)23(17)12-15-7-6-8-15)21-19(13)22-18(24)11-20(3,4)5/h9-10,15H,6-8,11-12H2,1-5H3,(H,21,22,24). The van der Waals surface area contributed by atoms with Gasteiger partial charge in [-0.15, -0.1) is 0 Å². The molecule has 0 spiro atoms. The molecule has 1 saturated carbocycles. The van der Waals surface area contributed by atoms with Gasteiger partial charge >= 0.3 is 0 Å². The van der Waals surface area contributed by atoms with Gasteiger partial charge in [0.15, 0.2) is 0 Å². The number of hydrogen-bond acceptors (Lipinski definition) is 2. The summed E-state index contributed by atoms with van der Waals surface area (Å²) >= 11 is 0. The maximum atomic E-state index is 12.2. The van der Waals surface area contributed by atoms with Gasteiger partial charge in [0.1, 0.15) is 5.82 Å². The Bertz CT molecular complexity index is 763. The third kappa shape index (κ3) is 3.63. The van der Waals surface area contributed by atoms with Crippen molar-refractivity contribution in [1.29, 1.82) is 0 Å². The van der Waals surface area contributed by atoms with Gasteiger partial charge in [0, 0.05) is 18.7 Å². The molecule has 0 atom stereocenters. The largest absolute Gasteiger partial charge is 0.343 e. The molecule has 0 unspecified atom stereocenters. The van der Waals surface area contributed by atoms with Crippen LogP contribution < -0.4 is 5.32 Å². The molecule has 1 fully saturated rings. The number of carbonyl (C=O) groups excluding carboxylic acids is 1. The highest BCUT2D eigenvalue weighted by molar-refractivity contribution is 5.92. The predicted octanol–water partition coefficient (Wildman–Crippen LogP) is 4.83. The molecule has 0 bridgehead atoms. The quantitative estimate of drug-likeness (QED) is 0.874. The molecule has 2 heterocycles. The molecule has 1 aliphatic carbocycles. The Kier molecular flexibility index (Phi) is 4.41. The summed E-state index contributed by atoms with van der Waals surface area (Å²) < 4.78 is 2.39. The van der Waals surface area contributed by atoms with E-state index in [9.17, 15) is 4.79 Å². The van der Waals surface area contributed by atoms with Crippen LogP contribution in [0, 0.1) is 25.2 Å². The minimum atomic E-state index is -0.0230. The zero-order valence-corrected chi connectivity index (χ0v) is 15.6. The zero-order chi connectivity index (χ0) is 17.5. The fourth-order valence-electron chi connectivity index (χ4n) is 3.36. The summed E-state index contributed by atoms with van der Waals surface area (Å²) in [7, 11) is 0. The first kappa shape index (κ1) is 17.0. The van der Waals surface area contributed by atoms with E-state index in [-0.39, 0.29) is 11.3 Å². The lowest BCUT2D eigenvalue weighted by Gasteiger charge is -2.26. The lowest BCUT2D eigenvalue weighted by molar-refractivity contribution is -0.117. The zero-order valence-electron chi connectivity index (χ0n) is 15.6. The highest BCUT2D eigenvalue weighted by atomic mass is 16.1. The van der Waals surface area contributed by atoms with E-state index in [1.807, 2.05) is 6.92 Å². The number of hydrogen-bond donors (Lipinski definition) is 1. The second-order valence-electron chi connectivity index (χ2n) is 8.54. The molecule has 0 radical (unpaired) electrons. The monoisotopic (exact) mass is 327 g/mol. The second-order valence-corrected chi connectivity index (χ2v) is 8.54. The fraction of sp³-hybridized carbons (Fsp3) is 0.600. The average Bonchev–Trinajstić information content (AvgIpc) is 2.67. The van der Waals surface area contributed by atoms with Gasteiger partial charge in [0.25, 0.3) is 0 Å². The van der Waals surface area contributed by atoms with Gasteiger partial charge in [-0.1, -0.05) is 27.2 Å². The maximum Gasteiger partial charge on any atom is 0.226 e. The molecule has 2 aromatic rings. The van der Waals surface area contributed by atoms with E-state index >= 15 is 0 Å². The molecule has 0 aliphatic heterocycles. The van der Waals surface area contributed by atoms with E-state index in [0.717, 1.165) is 23.5 Å². The van der Waals surface area contributed by atoms with Crippen LogP contribution in [0.15, 0.2) is 12.1 Å². The molecule has 1 aliphatic rings. The summed E-state index contributed by atoms with van der Waals surface area (Å²) in [6.07, 6.45) is 4.54. The Labute approximate surface area is 144 Å². The number of aromatic nitrogens is 2. The first-order valence-corrected chi connectivity index (χ1v) is 9.00. The third-order valence-corrected chi connectivity index (χ3v) is 4.90. The van der Waals surface area contributed by atoms with Crippen LogP contribution >= 0.6 is 0 Å². The molecule has 1 amide bonds. The number of anilines is 1. The van der Waals surface area contributed by atoms with Crippen molar-refractivity contribution < 1.29 is 4.79 Å². The molecule has 4 heteroatoms. The summed E-state index contributed by atoms with van der Waals surface area (Å²) in [5.74, 6) is 1.53. The van der Waals surface area contributed by atoms with Crippen LogP contribution in [0.2, 0.25) is 0 Å². The van der Waals surface area contributed by atoms with Crippen molar-refractivity contribution in [1.82, 2.24) is 9.55 Å². The van der Waals surface area contributed by atoms with Crippen LogP contribution in [0.1, 0.15) is 57.7 Å². The highest BCUT2D eigenvalue weighted by Crippen LogP contribution is 2.31. The topological polar surface area (TPSA) is 46.9 Å². The van der Waals surface area contributed by atoms with Gasteiger partial charge in [0.05, 0.1) is 11.0 Å². The van der Waals surface area contributed by atoms with Gasteiger partial charge < -0.3 is 9.88 Å². The third-order valence-electron chi connectivity index (χ3n) is 4.90. The van der Waals surface area contributed by atoms with Gasteiger partial charge in [-0.25, -0.2) is 4.98 Å². The van der Waals surface area contributed by atoms with Crippen molar-refractivity contribution in [2.45, 2.75) is 66.8 Å². The Balaban J connectivity index is 1.86. The Morgan fingerprint density at radius 1 is 1.29 bits per heavy atom. The first-order chi connectivity index (χ1) is 11.2. The van der Waals surface area contributed by atoms with Crippen molar-refractivity contribution in [3.63, 3.8) is 0 Å². The number of aryl methyl sites for hydroxylation is 2. The summed E-state index contributed by atoms with van der Waals surface area (Å²) in [6, 6.07) is 4.30. The van der Waals surface area contributed by atoms with E-state index in [1.165, 1.54) is 30.5 Å². The highest BCUT2D eigenvalue weighted by Gasteiger charge is 2.21. The number of fused-ring (bicyclic) bond motifs is 1. The van der Waals surface area contributed by atoms with Crippen molar-refractivity contribution in [2.24, 2.45) is 11.3 Å². The van der Waals surface area contributed by atoms with Crippen LogP contribution in [0.4, 0.5) is 5.82 Å². The van der Waals surface area contributed by atoms with Crippen molar-refractivity contribution in [2.75, 3.05) is 5.32 Å². The van der Waals surface area contributed by atoms with Gasteiger partial charge in [-0.3, -0.25) is 4.79 Å². The van der Waals surface area contributed by atoms with E-state index in [1.54, 1.807) is 0 Å². The number of pyridine rings is 1. The predicted molar refractivity (Wildman–Crippen MR) is 99.2 cm³/mol. The second kappa shape index (κ2) is 6.23. The molecule has 4 nitrogen and oxygen atoms in total. The molecule has 0 aromatic carbocycles. The number of nitrogens with one attached hydrogen (secondary N) is 1. The molecular formula is C20H29N3O. The Morgan fingerprint density at radius 3 is 2.58 bits per heavy atom. The Morgan fingerprint density at radius 2 is 2.00 bits per heavy atom. The number of amides is 1. The maximum absolute atomic E-state index is 12.2. The van der Waals surface area contributed by atoms with Crippen LogP contribution in [0.25, 0.3) is 11.0 Å².